The summed E-state index contributed by atoms with van der Waals surface area (Å²) in [7, 11) is 2.73. The van der Waals surface area contributed by atoms with Crippen LogP contribution >= 0.6 is 0 Å². The van der Waals surface area contributed by atoms with Crippen LogP contribution in [-0.4, -0.2) is 102 Å². The molecular weight excluding hydrogens is 1630 g/mol. The van der Waals surface area contributed by atoms with E-state index in [1.807, 2.05) is 62.4 Å². The Morgan fingerprint density at radius 3 is 0.700 bits per heavy atom. The van der Waals surface area contributed by atoms with Crippen LogP contribution in [0.4, 0.5) is 11.4 Å². The molecule has 640 valence electrons. The van der Waals surface area contributed by atoms with E-state index in [4.69, 9.17) is 18.9 Å². The standard InChI is InChI=1S/C62H48N2O8.C48H36N2O8/c1-37-7-9-38(10-8-37)39-11-19-44(20-12-39)61(2,3)45-21-13-40(14-22-45)41-15-27-48(28-16-41)64-57(67)52-34-18-43(36-54(52)58(64)68)60(70)72-50-31-25-47(26-32-50)62(4,5)46-23-29-49(30-24-46)71-59(69)42-17-33-51-53(35-42)56(66)63(6)55(51)65;1-28-5-7-29(8-6-28)30-9-17-35(18-10-30)48(2,3)36-19-11-31(12-20-36)32-13-21-37(22-14-32)50-44(53)39-24-16-34(26-41(39)45(50)54)47(56)58-27-57-46(55)33-15-23-38-40(25-33)43(52)49(4)42(38)51/h7-36H,1-6H3;5-26H,27H2,1-4H3. The van der Waals surface area contributed by atoms with Crippen molar-refractivity contribution in [3.05, 3.63) is 427 Å². The van der Waals surface area contributed by atoms with Crippen molar-refractivity contribution in [3.8, 4) is 56.0 Å². The molecule has 14 aromatic rings. The molecule has 0 saturated carbocycles. The van der Waals surface area contributed by atoms with E-state index < -0.39 is 83.3 Å². The van der Waals surface area contributed by atoms with E-state index in [0.717, 1.165) is 58.5 Å². The summed E-state index contributed by atoms with van der Waals surface area (Å²) in [5, 5.41) is 0. The van der Waals surface area contributed by atoms with Crippen LogP contribution in [0, 0.1) is 13.8 Å². The van der Waals surface area contributed by atoms with Crippen LogP contribution in [0.25, 0.3) is 44.5 Å². The molecule has 0 spiro atoms. The number of ether oxygens (including phenoxy) is 4. The lowest BCUT2D eigenvalue weighted by molar-refractivity contribution is -0.0168. The summed E-state index contributed by atoms with van der Waals surface area (Å²) in [5.74, 6) is -6.55. The molecule has 0 bridgehead atoms. The third-order valence-corrected chi connectivity index (χ3v) is 25.0. The molecule has 4 aliphatic rings. The van der Waals surface area contributed by atoms with Crippen molar-refractivity contribution >= 4 is 82.5 Å². The minimum atomic E-state index is -0.888. The predicted octanol–water partition coefficient (Wildman–Crippen LogP) is 21.1. The number of amides is 8. The molecule has 0 aliphatic carbocycles. The maximum absolute atomic E-state index is 13.8. The van der Waals surface area contributed by atoms with Gasteiger partial charge in [0.05, 0.1) is 78.1 Å². The molecule has 0 atom stereocenters. The number of fused-ring (bicyclic) bond motifs is 4. The number of benzene rings is 14. The van der Waals surface area contributed by atoms with Crippen LogP contribution in [-0.2, 0) is 25.7 Å². The average Bonchev–Trinajstić information content (AvgIpc) is 1.58. The third-order valence-electron chi connectivity index (χ3n) is 25.0. The average molecular weight is 1720 g/mol. The summed E-state index contributed by atoms with van der Waals surface area (Å²) in [4.78, 5) is 159. The molecular formula is C110H84N4O16. The first-order valence-electron chi connectivity index (χ1n) is 42.0. The van der Waals surface area contributed by atoms with Crippen LogP contribution in [0.15, 0.2) is 315 Å². The lowest BCUT2D eigenvalue weighted by Gasteiger charge is -2.26. The van der Waals surface area contributed by atoms with E-state index in [1.165, 1.54) is 137 Å². The number of carbonyl (C=O) groups excluding carboxylic acids is 12. The maximum atomic E-state index is 13.8. The van der Waals surface area contributed by atoms with Crippen molar-refractivity contribution in [2.75, 3.05) is 30.7 Å². The van der Waals surface area contributed by atoms with Crippen molar-refractivity contribution < 1.29 is 76.5 Å². The second-order valence-electron chi connectivity index (χ2n) is 34.1. The molecule has 130 heavy (non-hydrogen) atoms. The Labute approximate surface area is 749 Å². The van der Waals surface area contributed by atoms with Gasteiger partial charge in [-0.2, -0.15) is 0 Å². The number of imide groups is 4. The highest BCUT2D eigenvalue weighted by Crippen LogP contribution is 2.41. The molecule has 4 aliphatic heterocycles. The molecule has 0 N–H and O–H groups in total. The Hall–Kier alpha value is -16.5. The first kappa shape index (κ1) is 85.7. The molecule has 0 aromatic heterocycles. The normalized spacial score (nSPS) is 13.4. The Bertz CT molecular complexity index is 7020. The van der Waals surface area contributed by atoms with Gasteiger partial charge in [-0.15, -0.1) is 0 Å². The van der Waals surface area contributed by atoms with Crippen molar-refractivity contribution in [2.45, 2.75) is 71.6 Å². The lowest BCUT2D eigenvalue weighted by Crippen LogP contribution is -2.29. The number of aryl methyl sites for hydroxylation is 2. The van der Waals surface area contributed by atoms with Crippen molar-refractivity contribution in [1.29, 1.82) is 0 Å². The molecule has 18 rings (SSSR count). The molecule has 20 heteroatoms. The zero-order valence-corrected chi connectivity index (χ0v) is 72.6. The molecule has 0 unspecified atom stereocenters. The molecule has 8 amide bonds. The van der Waals surface area contributed by atoms with E-state index in [-0.39, 0.29) is 83.3 Å². The van der Waals surface area contributed by atoms with Crippen molar-refractivity contribution in [3.63, 3.8) is 0 Å². The van der Waals surface area contributed by atoms with Gasteiger partial charge in [0.15, 0.2) is 0 Å². The van der Waals surface area contributed by atoms with Gasteiger partial charge in [-0.1, -0.05) is 247 Å². The minimum Gasteiger partial charge on any atom is -0.424 e. The smallest absolute Gasteiger partial charge is 0.343 e. The van der Waals surface area contributed by atoms with E-state index in [0.29, 0.717) is 17.1 Å². The van der Waals surface area contributed by atoms with Crippen molar-refractivity contribution in [1.82, 2.24) is 9.80 Å². The number of anilines is 2. The summed E-state index contributed by atoms with van der Waals surface area (Å²) >= 11 is 0. The highest BCUT2D eigenvalue weighted by Gasteiger charge is 2.41. The Morgan fingerprint density at radius 1 is 0.238 bits per heavy atom. The SMILES string of the molecule is Cc1ccc(-c2ccc(C(C)(C)c3ccc(-c4ccc(N5C(=O)c6ccc(C(=O)OCOC(=O)c7ccc8c(c7)C(=O)N(C)C8=O)cc6C5=O)cc4)cc3)cc2)cc1.Cc1ccc(-c2ccc(C(C)(C)c3ccc(-c4ccc(N5C(=O)c6ccc(C(=O)Oc7ccc(C(C)(C)c8ccc(OC(=O)c9ccc%10c(c9)C(=O)N(C)C%10=O)cc8)cc7)cc6C5=O)cc4)cc3)cc2)cc1. The number of esters is 4. The van der Waals surface area contributed by atoms with Gasteiger partial charge in [0.2, 0.25) is 6.79 Å². The fourth-order valence-electron chi connectivity index (χ4n) is 16.6. The molecule has 14 aromatic carbocycles. The zero-order valence-electron chi connectivity index (χ0n) is 72.6. The summed E-state index contributed by atoms with van der Waals surface area (Å²) in [6.07, 6.45) is 0. The third kappa shape index (κ3) is 16.3. The van der Waals surface area contributed by atoms with Gasteiger partial charge < -0.3 is 18.9 Å². The number of carbonyl (C=O) groups is 12. The maximum Gasteiger partial charge on any atom is 0.343 e. The first-order chi connectivity index (χ1) is 62.3. The molecule has 0 radical (unpaired) electrons. The molecule has 0 saturated heterocycles. The van der Waals surface area contributed by atoms with Crippen molar-refractivity contribution in [2.24, 2.45) is 0 Å². The van der Waals surface area contributed by atoms with Crippen LogP contribution in [0.5, 0.6) is 11.5 Å². The Morgan fingerprint density at radius 2 is 0.438 bits per heavy atom. The van der Waals surface area contributed by atoms with Gasteiger partial charge in [0, 0.05) is 30.3 Å². The van der Waals surface area contributed by atoms with E-state index in [1.54, 1.807) is 48.5 Å². The lowest BCUT2D eigenvalue weighted by atomic mass is 9.77. The van der Waals surface area contributed by atoms with Gasteiger partial charge in [0.25, 0.3) is 47.3 Å². The molecule has 0 fully saturated rings. The van der Waals surface area contributed by atoms with Crippen LogP contribution < -0.4 is 19.3 Å². The summed E-state index contributed by atoms with van der Waals surface area (Å²) in [6, 6.07) is 96.5. The first-order valence-corrected chi connectivity index (χ1v) is 42.0. The zero-order chi connectivity index (χ0) is 91.5. The number of hydrogen-bond donors (Lipinski definition) is 0. The van der Waals surface area contributed by atoms with Gasteiger partial charge in [-0.05, 0) is 213 Å². The quantitative estimate of drug-likeness (QED) is 0.0297. The summed E-state index contributed by atoms with van der Waals surface area (Å²) in [5.41, 5.74) is 18.8. The topological polar surface area (TPSA) is 255 Å². The second kappa shape index (κ2) is 34.1. The van der Waals surface area contributed by atoms with Crippen LogP contribution in [0.1, 0.15) is 210 Å². The fourth-order valence-corrected chi connectivity index (χ4v) is 16.6. The predicted molar refractivity (Wildman–Crippen MR) is 493 cm³/mol. The number of rotatable bonds is 20. The monoisotopic (exact) mass is 1720 g/mol. The van der Waals surface area contributed by atoms with Crippen LogP contribution in [0.3, 0.4) is 0 Å². The van der Waals surface area contributed by atoms with Gasteiger partial charge >= 0.3 is 23.9 Å². The number of nitrogens with zero attached hydrogens (tertiary/aromatic N) is 4. The highest BCUT2D eigenvalue weighted by atomic mass is 16.7. The van der Waals surface area contributed by atoms with E-state index in [2.05, 4.69) is 187 Å². The largest absolute Gasteiger partial charge is 0.424 e. The Kier molecular flexibility index (Phi) is 22.5. The van der Waals surface area contributed by atoms with E-state index >= 15 is 0 Å². The second-order valence-corrected chi connectivity index (χ2v) is 34.1. The Balaban J connectivity index is 0.000000187. The minimum absolute atomic E-state index is 0.00468. The molecule has 20 nitrogen and oxygen atoms in total. The highest BCUT2D eigenvalue weighted by molar-refractivity contribution is 6.36. The van der Waals surface area contributed by atoms with Gasteiger partial charge in [0.1, 0.15) is 11.5 Å². The van der Waals surface area contributed by atoms with E-state index in [9.17, 15) is 57.5 Å². The number of hydrogen-bond acceptors (Lipinski definition) is 16. The van der Waals surface area contributed by atoms with Crippen LogP contribution in [0.2, 0.25) is 0 Å². The fraction of sp³-hybridized carbons (Fsp3) is 0.127. The molecule has 4 heterocycles. The van der Waals surface area contributed by atoms with Gasteiger partial charge in [-0.3, -0.25) is 48.2 Å². The van der Waals surface area contributed by atoms with Gasteiger partial charge in [-0.25, -0.2) is 29.0 Å². The summed E-state index contributed by atoms with van der Waals surface area (Å²) in [6.45, 7) is 16.3. The summed E-state index contributed by atoms with van der Waals surface area (Å²) < 4.78 is 21.5.